The van der Waals surface area contributed by atoms with Crippen molar-refractivity contribution in [1.82, 2.24) is 30.4 Å². The Morgan fingerprint density at radius 2 is 2.03 bits per heavy atom. The fourth-order valence-corrected chi connectivity index (χ4v) is 3.35. The smallest absolute Gasteiger partial charge is 0.223 e. The number of aliphatic hydroxyl groups is 1. The fourth-order valence-electron chi connectivity index (χ4n) is 3.35. The minimum Gasteiger partial charge on any atom is -0.392 e. The molecular formula is C21H27N7O. The van der Waals surface area contributed by atoms with Crippen LogP contribution in [0.3, 0.4) is 0 Å². The van der Waals surface area contributed by atoms with E-state index < -0.39 is 6.10 Å². The molecule has 29 heavy (non-hydrogen) atoms. The number of aromatic nitrogens is 4. The molecule has 0 unspecified atom stereocenters. The van der Waals surface area contributed by atoms with Gasteiger partial charge in [-0.2, -0.15) is 5.10 Å². The van der Waals surface area contributed by atoms with E-state index in [0.717, 1.165) is 22.5 Å². The van der Waals surface area contributed by atoms with Crippen molar-refractivity contribution in [1.29, 1.82) is 0 Å². The lowest BCUT2D eigenvalue weighted by Crippen LogP contribution is -2.36. The fraction of sp³-hybridized carbons (Fsp3) is 0.381. The van der Waals surface area contributed by atoms with Gasteiger partial charge in [-0.1, -0.05) is 0 Å². The van der Waals surface area contributed by atoms with Crippen molar-refractivity contribution in [2.45, 2.75) is 46.0 Å². The maximum Gasteiger partial charge on any atom is 0.223 e. The number of hydrogen-bond donors (Lipinski definition) is 4. The summed E-state index contributed by atoms with van der Waals surface area (Å²) in [4.78, 5) is 8.91. The highest BCUT2D eigenvalue weighted by atomic mass is 16.3. The maximum atomic E-state index is 9.51. The van der Waals surface area contributed by atoms with Crippen LogP contribution in [0.15, 0.2) is 48.1 Å². The Labute approximate surface area is 170 Å². The van der Waals surface area contributed by atoms with E-state index in [2.05, 4.69) is 52.8 Å². The molecule has 2 aliphatic rings. The molecule has 0 spiro atoms. The van der Waals surface area contributed by atoms with E-state index in [9.17, 15) is 5.11 Å². The van der Waals surface area contributed by atoms with E-state index in [4.69, 9.17) is 5.10 Å². The minimum absolute atomic E-state index is 0.115. The Hall–Kier alpha value is -3.13. The zero-order valence-electron chi connectivity index (χ0n) is 17.1. The van der Waals surface area contributed by atoms with E-state index >= 15 is 0 Å². The average molecular weight is 393 g/mol. The summed E-state index contributed by atoms with van der Waals surface area (Å²) < 4.78 is 1.96. The number of dihydropyridines is 1. The summed E-state index contributed by atoms with van der Waals surface area (Å²) in [6.07, 6.45) is 9.59. The number of aliphatic hydroxyl groups excluding tert-OH is 1. The van der Waals surface area contributed by atoms with E-state index in [0.29, 0.717) is 12.5 Å². The Bertz CT molecular complexity index is 1000. The number of nitrogens with one attached hydrogen (secondary N) is 3. The van der Waals surface area contributed by atoms with Crippen molar-refractivity contribution >= 4 is 11.5 Å². The van der Waals surface area contributed by atoms with E-state index in [1.54, 1.807) is 13.1 Å². The summed E-state index contributed by atoms with van der Waals surface area (Å²) in [5.41, 5.74) is 6.04. The van der Waals surface area contributed by atoms with Crippen molar-refractivity contribution in [2.24, 2.45) is 0 Å². The number of hydrogen-bond acceptors (Lipinski definition) is 7. The van der Waals surface area contributed by atoms with Gasteiger partial charge in [-0.25, -0.2) is 9.97 Å². The van der Waals surface area contributed by atoms with Crippen LogP contribution in [0.25, 0.3) is 16.8 Å². The van der Waals surface area contributed by atoms with Crippen molar-refractivity contribution in [3.05, 3.63) is 53.8 Å². The summed E-state index contributed by atoms with van der Waals surface area (Å²) in [5, 5.41) is 24.2. The second kappa shape index (κ2) is 7.71. The highest BCUT2D eigenvalue weighted by Gasteiger charge is 2.25. The highest BCUT2D eigenvalue weighted by molar-refractivity contribution is 5.84. The topological polar surface area (TPSA) is 99.9 Å². The molecule has 8 heteroatoms. The quantitative estimate of drug-likeness (QED) is 0.598. The van der Waals surface area contributed by atoms with Crippen LogP contribution >= 0.6 is 0 Å². The highest BCUT2D eigenvalue weighted by Crippen LogP contribution is 2.33. The molecule has 0 aromatic carbocycles. The summed E-state index contributed by atoms with van der Waals surface area (Å²) in [5.74, 6) is 0.486. The minimum atomic E-state index is -0.476. The van der Waals surface area contributed by atoms with Gasteiger partial charge in [0.05, 0.1) is 11.8 Å². The Balaban J connectivity index is 1.73. The first kappa shape index (κ1) is 19.2. The monoisotopic (exact) mass is 393 g/mol. The van der Waals surface area contributed by atoms with Crippen molar-refractivity contribution in [3.8, 4) is 11.3 Å². The molecule has 0 saturated carbocycles. The lowest BCUT2D eigenvalue weighted by molar-refractivity contribution is 0.208. The largest absolute Gasteiger partial charge is 0.392 e. The molecule has 0 radical (unpaired) electrons. The standard InChI is InChI=1S/C21H27N7O/c1-12(2)28-11-17(18-5-6-22-21(26-18)25-9-14(4)29)19(27-28)15-7-16-13(3)8-23-20(16)24-10-15/h5-8,10-12,14,20,23-24,29H,9H2,1-4H3,(H,22,25,26)/t14-,20-/m0/s1. The third-order valence-electron chi connectivity index (χ3n) is 4.97. The zero-order chi connectivity index (χ0) is 20.5. The molecule has 0 amide bonds. The van der Waals surface area contributed by atoms with Crippen molar-refractivity contribution < 1.29 is 5.11 Å². The molecule has 0 aliphatic carbocycles. The van der Waals surface area contributed by atoms with Crippen LogP contribution in [0, 0.1) is 0 Å². The molecule has 2 aromatic heterocycles. The molecule has 0 bridgehead atoms. The van der Waals surface area contributed by atoms with Crippen molar-refractivity contribution in [3.63, 3.8) is 0 Å². The third-order valence-corrected chi connectivity index (χ3v) is 4.97. The van der Waals surface area contributed by atoms with Gasteiger partial charge in [0, 0.05) is 48.5 Å². The van der Waals surface area contributed by atoms with Crippen LogP contribution in [-0.2, 0) is 0 Å². The van der Waals surface area contributed by atoms with Crippen LogP contribution in [0.1, 0.15) is 39.4 Å². The summed E-state index contributed by atoms with van der Waals surface area (Å²) in [6, 6.07) is 2.11. The molecule has 2 atom stereocenters. The SMILES string of the molecule is CC1=CN[C@H]2NC=C(c3nn(C(C)C)cc3-c3ccnc(NC[C@H](C)O)n3)C=C12. The van der Waals surface area contributed by atoms with Gasteiger partial charge in [-0.05, 0) is 51.0 Å². The molecule has 2 aromatic rings. The molecule has 2 aliphatic heterocycles. The molecule has 8 nitrogen and oxygen atoms in total. The predicted molar refractivity (Wildman–Crippen MR) is 114 cm³/mol. The number of fused-ring (bicyclic) bond motifs is 1. The summed E-state index contributed by atoms with van der Waals surface area (Å²) in [6.45, 7) is 8.42. The van der Waals surface area contributed by atoms with Crippen LogP contribution < -0.4 is 16.0 Å². The van der Waals surface area contributed by atoms with Crippen LogP contribution in [0.2, 0.25) is 0 Å². The van der Waals surface area contributed by atoms with Gasteiger partial charge in [0.25, 0.3) is 0 Å². The first-order chi connectivity index (χ1) is 13.9. The maximum absolute atomic E-state index is 9.51. The lowest BCUT2D eigenvalue weighted by atomic mass is 9.98. The summed E-state index contributed by atoms with van der Waals surface area (Å²) >= 11 is 0. The Morgan fingerprint density at radius 3 is 2.79 bits per heavy atom. The second-order valence-electron chi connectivity index (χ2n) is 7.75. The summed E-state index contributed by atoms with van der Waals surface area (Å²) in [7, 11) is 0. The van der Waals surface area contributed by atoms with E-state index in [1.165, 1.54) is 11.1 Å². The Morgan fingerprint density at radius 1 is 1.24 bits per heavy atom. The number of anilines is 1. The Kier molecular flexibility index (Phi) is 5.10. The van der Waals surface area contributed by atoms with Gasteiger partial charge >= 0.3 is 0 Å². The van der Waals surface area contributed by atoms with Gasteiger partial charge in [0.15, 0.2) is 0 Å². The van der Waals surface area contributed by atoms with Gasteiger partial charge in [-0.3, -0.25) is 4.68 Å². The van der Waals surface area contributed by atoms with E-state index in [1.807, 2.05) is 29.3 Å². The predicted octanol–water partition coefficient (Wildman–Crippen LogP) is 2.42. The van der Waals surface area contributed by atoms with E-state index in [-0.39, 0.29) is 12.2 Å². The molecule has 152 valence electrons. The number of rotatable bonds is 6. The first-order valence-corrected chi connectivity index (χ1v) is 9.88. The van der Waals surface area contributed by atoms with Crippen LogP contribution in [0.4, 0.5) is 5.95 Å². The molecule has 0 fully saturated rings. The lowest BCUT2D eigenvalue weighted by Gasteiger charge is -2.21. The van der Waals surface area contributed by atoms with Gasteiger partial charge in [0.2, 0.25) is 5.95 Å². The van der Waals surface area contributed by atoms with Gasteiger partial charge in [0.1, 0.15) is 11.9 Å². The molecule has 0 saturated heterocycles. The third kappa shape index (κ3) is 3.88. The van der Waals surface area contributed by atoms with Crippen LogP contribution in [-0.4, -0.2) is 43.7 Å². The average Bonchev–Trinajstić information content (AvgIpc) is 3.31. The van der Waals surface area contributed by atoms with Crippen molar-refractivity contribution in [2.75, 3.05) is 11.9 Å². The van der Waals surface area contributed by atoms with Gasteiger partial charge < -0.3 is 21.1 Å². The number of nitrogens with zero attached hydrogens (tertiary/aromatic N) is 4. The number of allylic oxidation sites excluding steroid dienone is 2. The normalized spacial score (nSPS) is 19.0. The van der Waals surface area contributed by atoms with Crippen LogP contribution in [0.5, 0.6) is 0 Å². The molecule has 4 heterocycles. The molecule has 4 N–H and O–H groups in total. The zero-order valence-corrected chi connectivity index (χ0v) is 17.1. The first-order valence-electron chi connectivity index (χ1n) is 9.88. The second-order valence-corrected chi connectivity index (χ2v) is 7.75. The molecule has 4 rings (SSSR count). The molecular weight excluding hydrogens is 366 g/mol. The van der Waals surface area contributed by atoms with Gasteiger partial charge in [-0.15, -0.1) is 0 Å².